The quantitative estimate of drug-likeness (QED) is 0.673. The van der Waals surface area contributed by atoms with Gasteiger partial charge in [-0.3, -0.25) is 0 Å². The summed E-state index contributed by atoms with van der Waals surface area (Å²) in [5, 5.41) is 0. The molecule has 0 spiro atoms. The molecule has 0 aliphatic carbocycles. The molecule has 0 aromatic heterocycles. The first kappa shape index (κ1) is 12.8. The highest BCUT2D eigenvalue weighted by Crippen LogP contribution is 2.26. The molecule has 0 bridgehead atoms. The Labute approximate surface area is 107 Å². The number of benzene rings is 2. The third-order valence-corrected chi connectivity index (χ3v) is 3.42. The van der Waals surface area contributed by atoms with Crippen LogP contribution in [0.3, 0.4) is 0 Å². The highest BCUT2D eigenvalue weighted by molar-refractivity contribution is 7.98. The normalized spacial score (nSPS) is 10.6. The van der Waals surface area contributed by atoms with Gasteiger partial charge in [-0.15, -0.1) is 11.8 Å². The van der Waals surface area contributed by atoms with E-state index >= 15 is 0 Å². The summed E-state index contributed by atoms with van der Waals surface area (Å²) in [6.45, 7) is 0. The van der Waals surface area contributed by atoms with E-state index in [-0.39, 0.29) is 17.0 Å². The summed E-state index contributed by atoms with van der Waals surface area (Å²) in [6, 6.07) is 7.63. The summed E-state index contributed by atoms with van der Waals surface area (Å²) in [5.74, 6) is -1.25. The van der Waals surface area contributed by atoms with Crippen LogP contribution in [0, 0.1) is 17.5 Å². The van der Waals surface area contributed by atoms with E-state index in [4.69, 9.17) is 5.73 Å². The molecule has 0 atom stereocenters. The zero-order valence-electron chi connectivity index (χ0n) is 9.29. The Balaban J connectivity index is 2.11. The molecule has 5 heteroatoms. The van der Waals surface area contributed by atoms with Crippen molar-refractivity contribution >= 4 is 17.4 Å². The van der Waals surface area contributed by atoms with E-state index in [0.717, 1.165) is 18.2 Å². The maximum atomic E-state index is 13.3. The van der Waals surface area contributed by atoms with E-state index in [9.17, 15) is 13.2 Å². The van der Waals surface area contributed by atoms with Gasteiger partial charge in [0.2, 0.25) is 0 Å². The lowest BCUT2D eigenvalue weighted by atomic mass is 10.2. The fraction of sp³-hybridized carbons (Fsp3) is 0.0769. The molecule has 0 amide bonds. The number of nitrogen functional groups attached to an aromatic ring is 1. The average Bonchev–Trinajstić information content (AvgIpc) is 2.34. The molecule has 2 N–H and O–H groups in total. The van der Waals surface area contributed by atoms with E-state index < -0.39 is 17.5 Å². The van der Waals surface area contributed by atoms with Crippen molar-refractivity contribution < 1.29 is 13.2 Å². The van der Waals surface area contributed by atoms with Crippen LogP contribution in [-0.4, -0.2) is 0 Å². The second-order valence-corrected chi connectivity index (χ2v) is 4.76. The Morgan fingerprint density at radius 3 is 2.44 bits per heavy atom. The molecule has 18 heavy (non-hydrogen) atoms. The van der Waals surface area contributed by atoms with Gasteiger partial charge in [0, 0.05) is 16.2 Å². The smallest absolute Gasteiger partial charge is 0.147 e. The number of anilines is 1. The molecule has 94 valence electrons. The Bertz CT molecular complexity index is 572. The monoisotopic (exact) mass is 269 g/mol. The first-order valence-corrected chi connectivity index (χ1v) is 6.16. The number of nitrogens with two attached hydrogens (primary N) is 1. The lowest BCUT2D eigenvalue weighted by Crippen LogP contribution is -1.91. The fourth-order valence-corrected chi connectivity index (χ4v) is 2.31. The predicted molar refractivity (Wildman–Crippen MR) is 66.7 cm³/mol. The summed E-state index contributed by atoms with van der Waals surface area (Å²) >= 11 is 1.22. The molecular formula is C13H10F3NS. The summed E-state index contributed by atoms with van der Waals surface area (Å²) < 4.78 is 39.5. The largest absolute Gasteiger partial charge is 0.396 e. The van der Waals surface area contributed by atoms with E-state index in [2.05, 4.69) is 0 Å². The lowest BCUT2D eigenvalue weighted by molar-refractivity contribution is 0.591. The molecule has 0 aliphatic rings. The summed E-state index contributed by atoms with van der Waals surface area (Å²) in [4.78, 5) is 0.616. The second kappa shape index (κ2) is 5.35. The van der Waals surface area contributed by atoms with Gasteiger partial charge in [0.15, 0.2) is 0 Å². The topological polar surface area (TPSA) is 26.0 Å². The minimum absolute atomic E-state index is 0.0660. The molecule has 0 unspecified atom stereocenters. The molecule has 0 saturated carbocycles. The molecule has 2 aromatic carbocycles. The van der Waals surface area contributed by atoms with Crippen molar-refractivity contribution in [3.8, 4) is 0 Å². The van der Waals surface area contributed by atoms with Crippen LogP contribution in [0.4, 0.5) is 18.9 Å². The molecule has 0 heterocycles. The highest BCUT2D eigenvalue weighted by Gasteiger charge is 2.06. The minimum atomic E-state index is -0.514. The Kier molecular flexibility index (Phi) is 3.81. The van der Waals surface area contributed by atoms with Gasteiger partial charge in [0.25, 0.3) is 0 Å². The van der Waals surface area contributed by atoms with Gasteiger partial charge in [-0.2, -0.15) is 0 Å². The van der Waals surface area contributed by atoms with Crippen molar-refractivity contribution in [3.63, 3.8) is 0 Å². The predicted octanol–water partition coefficient (Wildman–Crippen LogP) is 3.98. The Morgan fingerprint density at radius 2 is 1.72 bits per heavy atom. The van der Waals surface area contributed by atoms with Crippen LogP contribution in [0.5, 0.6) is 0 Å². The molecule has 0 radical (unpaired) electrons. The zero-order valence-corrected chi connectivity index (χ0v) is 10.1. The summed E-state index contributed by atoms with van der Waals surface area (Å²) in [6.07, 6.45) is 0. The van der Waals surface area contributed by atoms with Crippen molar-refractivity contribution in [1.29, 1.82) is 0 Å². The molecule has 0 saturated heterocycles. The van der Waals surface area contributed by atoms with Gasteiger partial charge < -0.3 is 5.73 Å². The SMILES string of the molecule is Nc1ccc(SCc2cc(F)ccc2F)cc1F. The van der Waals surface area contributed by atoms with Crippen molar-refractivity contribution in [2.75, 3.05) is 5.73 Å². The Morgan fingerprint density at radius 1 is 0.944 bits per heavy atom. The van der Waals surface area contributed by atoms with Gasteiger partial charge in [0.05, 0.1) is 5.69 Å². The van der Waals surface area contributed by atoms with Gasteiger partial charge in [0.1, 0.15) is 17.5 Å². The van der Waals surface area contributed by atoms with Crippen molar-refractivity contribution in [1.82, 2.24) is 0 Å². The maximum Gasteiger partial charge on any atom is 0.147 e. The lowest BCUT2D eigenvalue weighted by Gasteiger charge is -2.05. The fourth-order valence-electron chi connectivity index (χ4n) is 1.41. The maximum absolute atomic E-state index is 13.3. The van der Waals surface area contributed by atoms with Gasteiger partial charge in [-0.05, 0) is 36.4 Å². The summed E-state index contributed by atoms with van der Waals surface area (Å²) in [7, 11) is 0. The first-order chi connectivity index (χ1) is 8.56. The van der Waals surface area contributed by atoms with Crippen LogP contribution in [0.1, 0.15) is 5.56 Å². The third-order valence-electron chi connectivity index (χ3n) is 2.37. The van der Waals surface area contributed by atoms with Crippen LogP contribution >= 0.6 is 11.8 Å². The van der Waals surface area contributed by atoms with Crippen LogP contribution in [0.2, 0.25) is 0 Å². The first-order valence-electron chi connectivity index (χ1n) is 5.18. The number of hydrogen-bond acceptors (Lipinski definition) is 2. The van der Waals surface area contributed by atoms with Gasteiger partial charge >= 0.3 is 0 Å². The number of rotatable bonds is 3. The minimum Gasteiger partial charge on any atom is -0.396 e. The average molecular weight is 269 g/mol. The standard InChI is InChI=1S/C13H10F3NS/c14-9-1-3-11(15)8(5-9)7-18-10-2-4-13(17)12(16)6-10/h1-6H,7,17H2. The molecule has 0 fully saturated rings. The third kappa shape index (κ3) is 2.98. The summed E-state index contributed by atoms with van der Waals surface area (Å²) in [5.41, 5.74) is 5.66. The van der Waals surface area contributed by atoms with Crippen LogP contribution in [-0.2, 0) is 5.75 Å². The number of hydrogen-bond donors (Lipinski definition) is 1. The van der Waals surface area contributed by atoms with Crippen LogP contribution in [0.15, 0.2) is 41.3 Å². The molecule has 2 rings (SSSR count). The van der Waals surface area contributed by atoms with E-state index in [1.165, 1.54) is 23.9 Å². The van der Waals surface area contributed by atoms with Gasteiger partial charge in [-0.1, -0.05) is 0 Å². The van der Waals surface area contributed by atoms with E-state index in [1.807, 2.05) is 0 Å². The molecule has 1 nitrogen and oxygen atoms in total. The molecule has 0 aliphatic heterocycles. The van der Waals surface area contributed by atoms with Crippen molar-refractivity contribution in [3.05, 3.63) is 59.4 Å². The highest BCUT2D eigenvalue weighted by atomic mass is 32.2. The van der Waals surface area contributed by atoms with Crippen LogP contribution in [0.25, 0.3) is 0 Å². The number of thioether (sulfide) groups is 1. The van der Waals surface area contributed by atoms with Crippen molar-refractivity contribution in [2.24, 2.45) is 0 Å². The van der Waals surface area contributed by atoms with Crippen LogP contribution < -0.4 is 5.73 Å². The van der Waals surface area contributed by atoms with E-state index in [0.29, 0.717) is 4.90 Å². The zero-order chi connectivity index (χ0) is 13.1. The molecular weight excluding hydrogens is 259 g/mol. The van der Waals surface area contributed by atoms with Gasteiger partial charge in [-0.25, -0.2) is 13.2 Å². The van der Waals surface area contributed by atoms with E-state index in [1.54, 1.807) is 6.07 Å². The molecule has 2 aromatic rings. The Hall–Kier alpha value is -1.62. The number of halogens is 3. The second-order valence-electron chi connectivity index (χ2n) is 3.71. The van der Waals surface area contributed by atoms with Crippen molar-refractivity contribution in [2.45, 2.75) is 10.6 Å².